The van der Waals surface area contributed by atoms with Crippen LogP contribution in [0.5, 0.6) is 0 Å². The van der Waals surface area contributed by atoms with Gasteiger partial charge >= 0.3 is 0 Å². The first-order chi connectivity index (χ1) is 12.5. The van der Waals surface area contributed by atoms with Crippen LogP contribution < -0.4 is 15.5 Å². The number of amides is 1. The van der Waals surface area contributed by atoms with E-state index < -0.39 is 0 Å². The van der Waals surface area contributed by atoms with Crippen LogP contribution in [0.1, 0.15) is 29.0 Å². The van der Waals surface area contributed by atoms with E-state index in [1.165, 1.54) is 0 Å². The number of anilines is 3. The maximum absolute atomic E-state index is 12.5. The number of aryl methyl sites for hydroxylation is 1. The van der Waals surface area contributed by atoms with E-state index in [0.29, 0.717) is 18.2 Å². The summed E-state index contributed by atoms with van der Waals surface area (Å²) >= 11 is 0. The van der Waals surface area contributed by atoms with Gasteiger partial charge in [-0.25, -0.2) is 9.97 Å². The second-order valence-electron chi connectivity index (χ2n) is 6.63. The Hall–Kier alpha value is -2.67. The SMILES string of the molecule is Cc1cc(C(=O)Nc2ccc(N(C)C)cc2)nc(NCC2CCCO2)n1. The highest BCUT2D eigenvalue weighted by atomic mass is 16.5. The molecule has 0 spiro atoms. The van der Waals surface area contributed by atoms with Crippen LogP contribution in [0.3, 0.4) is 0 Å². The van der Waals surface area contributed by atoms with Crippen LogP contribution in [0.25, 0.3) is 0 Å². The van der Waals surface area contributed by atoms with Gasteiger partial charge < -0.3 is 20.3 Å². The molecule has 1 unspecified atom stereocenters. The molecule has 0 saturated carbocycles. The van der Waals surface area contributed by atoms with E-state index in [0.717, 1.165) is 36.5 Å². The van der Waals surface area contributed by atoms with E-state index in [2.05, 4.69) is 20.6 Å². The number of carbonyl (C=O) groups is 1. The van der Waals surface area contributed by atoms with Crippen molar-refractivity contribution in [3.05, 3.63) is 41.7 Å². The number of aromatic nitrogens is 2. The molecule has 2 heterocycles. The smallest absolute Gasteiger partial charge is 0.274 e. The van der Waals surface area contributed by atoms with E-state index in [1.54, 1.807) is 6.07 Å². The highest BCUT2D eigenvalue weighted by Crippen LogP contribution is 2.17. The summed E-state index contributed by atoms with van der Waals surface area (Å²) in [5.41, 5.74) is 2.87. The third kappa shape index (κ3) is 4.70. The Morgan fingerprint density at radius 1 is 1.27 bits per heavy atom. The Morgan fingerprint density at radius 3 is 2.69 bits per heavy atom. The van der Waals surface area contributed by atoms with Crippen LogP contribution >= 0.6 is 0 Å². The quantitative estimate of drug-likeness (QED) is 0.829. The van der Waals surface area contributed by atoms with Crippen molar-refractivity contribution >= 4 is 23.2 Å². The van der Waals surface area contributed by atoms with E-state index >= 15 is 0 Å². The summed E-state index contributed by atoms with van der Waals surface area (Å²) in [4.78, 5) is 23.2. The fraction of sp³-hybridized carbons (Fsp3) is 0.421. The monoisotopic (exact) mass is 355 g/mol. The van der Waals surface area contributed by atoms with E-state index in [1.807, 2.05) is 50.2 Å². The van der Waals surface area contributed by atoms with Crippen LogP contribution in [-0.2, 0) is 4.74 Å². The molecule has 138 valence electrons. The summed E-state index contributed by atoms with van der Waals surface area (Å²) in [6.45, 7) is 3.30. The molecule has 0 radical (unpaired) electrons. The summed E-state index contributed by atoms with van der Waals surface area (Å²) in [6, 6.07) is 9.33. The number of benzene rings is 1. The average molecular weight is 355 g/mol. The molecule has 1 fully saturated rings. The van der Waals surface area contributed by atoms with Crippen molar-refractivity contribution in [2.75, 3.05) is 42.8 Å². The molecular weight excluding hydrogens is 330 g/mol. The third-order valence-corrected chi connectivity index (χ3v) is 4.24. The zero-order valence-corrected chi connectivity index (χ0v) is 15.5. The lowest BCUT2D eigenvalue weighted by Gasteiger charge is -2.13. The molecule has 3 rings (SSSR count). The first-order valence-electron chi connectivity index (χ1n) is 8.81. The Balaban J connectivity index is 1.66. The predicted molar refractivity (Wildman–Crippen MR) is 103 cm³/mol. The minimum Gasteiger partial charge on any atom is -0.378 e. The van der Waals surface area contributed by atoms with Crippen molar-refractivity contribution in [2.45, 2.75) is 25.9 Å². The van der Waals surface area contributed by atoms with E-state index in [-0.39, 0.29) is 12.0 Å². The number of ether oxygens (including phenoxy) is 1. The fourth-order valence-corrected chi connectivity index (χ4v) is 2.81. The second-order valence-corrected chi connectivity index (χ2v) is 6.63. The van der Waals surface area contributed by atoms with Gasteiger partial charge in [0.15, 0.2) is 0 Å². The highest BCUT2D eigenvalue weighted by molar-refractivity contribution is 6.03. The van der Waals surface area contributed by atoms with Gasteiger partial charge in [0.05, 0.1) is 6.10 Å². The molecule has 0 aliphatic carbocycles. The summed E-state index contributed by atoms with van der Waals surface area (Å²) in [6.07, 6.45) is 2.31. The Kier molecular flexibility index (Phi) is 5.68. The fourth-order valence-electron chi connectivity index (χ4n) is 2.81. The molecule has 1 saturated heterocycles. The van der Waals surface area contributed by atoms with Crippen LogP contribution in [0, 0.1) is 6.92 Å². The lowest BCUT2D eigenvalue weighted by Crippen LogP contribution is -2.21. The van der Waals surface area contributed by atoms with Gasteiger partial charge in [-0.1, -0.05) is 0 Å². The normalized spacial score (nSPS) is 16.3. The third-order valence-electron chi connectivity index (χ3n) is 4.24. The molecule has 1 atom stereocenters. The largest absolute Gasteiger partial charge is 0.378 e. The van der Waals surface area contributed by atoms with Crippen LogP contribution in [0.4, 0.5) is 17.3 Å². The van der Waals surface area contributed by atoms with Gasteiger partial charge in [-0.3, -0.25) is 4.79 Å². The molecule has 7 heteroatoms. The summed E-state index contributed by atoms with van der Waals surface area (Å²) in [5.74, 6) is 0.196. The molecule has 1 aromatic carbocycles. The van der Waals surface area contributed by atoms with Crippen LogP contribution in [0.2, 0.25) is 0 Å². The lowest BCUT2D eigenvalue weighted by atomic mass is 10.2. The number of hydrogen-bond acceptors (Lipinski definition) is 6. The Labute approximate surface area is 153 Å². The molecule has 1 aliphatic heterocycles. The molecule has 2 aromatic rings. The zero-order valence-electron chi connectivity index (χ0n) is 15.5. The van der Waals surface area contributed by atoms with Gasteiger partial charge in [-0.15, -0.1) is 0 Å². The lowest BCUT2D eigenvalue weighted by molar-refractivity contribution is 0.102. The van der Waals surface area contributed by atoms with Crippen molar-refractivity contribution in [3.8, 4) is 0 Å². The first kappa shape index (κ1) is 18.1. The van der Waals surface area contributed by atoms with Crippen molar-refractivity contribution in [1.82, 2.24) is 9.97 Å². The zero-order chi connectivity index (χ0) is 18.5. The molecule has 1 aromatic heterocycles. The molecule has 0 bridgehead atoms. The number of hydrogen-bond donors (Lipinski definition) is 2. The summed E-state index contributed by atoms with van der Waals surface area (Å²) in [7, 11) is 3.95. The van der Waals surface area contributed by atoms with Gasteiger partial charge in [0.2, 0.25) is 5.95 Å². The minimum atomic E-state index is -0.256. The second kappa shape index (κ2) is 8.14. The molecule has 26 heavy (non-hydrogen) atoms. The number of nitrogens with zero attached hydrogens (tertiary/aromatic N) is 3. The molecular formula is C19H25N5O2. The topological polar surface area (TPSA) is 79.4 Å². The summed E-state index contributed by atoms with van der Waals surface area (Å²) < 4.78 is 5.59. The molecule has 1 amide bonds. The van der Waals surface area contributed by atoms with Gasteiger partial charge in [-0.2, -0.15) is 0 Å². The summed E-state index contributed by atoms with van der Waals surface area (Å²) in [5, 5.41) is 6.05. The van der Waals surface area contributed by atoms with Crippen LogP contribution in [0.15, 0.2) is 30.3 Å². The van der Waals surface area contributed by atoms with Gasteiger partial charge in [0.25, 0.3) is 5.91 Å². The maximum Gasteiger partial charge on any atom is 0.274 e. The standard InChI is InChI=1S/C19H25N5O2/c1-13-11-17(23-19(21-13)20-12-16-5-4-10-26-16)18(25)22-14-6-8-15(9-7-14)24(2)3/h6-9,11,16H,4-5,10,12H2,1-3H3,(H,22,25)(H,20,21,23). The van der Waals surface area contributed by atoms with Crippen molar-refractivity contribution in [2.24, 2.45) is 0 Å². The number of nitrogens with one attached hydrogen (secondary N) is 2. The van der Waals surface area contributed by atoms with Crippen LogP contribution in [-0.4, -0.2) is 49.2 Å². The minimum absolute atomic E-state index is 0.187. The predicted octanol–water partition coefficient (Wildman–Crippen LogP) is 2.69. The van der Waals surface area contributed by atoms with E-state index in [9.17, 15) is 4.79 Å². The van der Waals surface area contributed by atoms with Gasteiger partial charge in [-0.05, 0) is 50.1 Å². The van der Waals surface area contributed by atoms with Crippen molar-refractivity contribution < 1.29 is 9.53 Å². The Morgan fingerprint density at radius 2 is 2.04 bits per heavy atom. The number of carbonyl (C=O) groups excluding carboxylic acids is 1. The van der Waals surface area contributed by atoms with Crippen molar-refractivity contribution in [1.29, 1.82) is 0 Å². The Bertz CT molecular complexity index is 755. The van der Waals surface area contributed by atoms with E-state index in [4.69, 9.17) is 4.74 Å². The maximum atomic E-state index is 12.5. The first-order valence-corrected chi connectivity index (χ1v) is 8.81. The molecule has 2 N–H and O–H groups in total. The van der Waals surface area contributed by atoms with Crippen molar-refractivity contribution in [3.63, 3.8) is 0 Å². The highest BCUT2D eigenvalue weighted by Gasteiger charge is 2.16. The van der Waals surface area contributed by atoms with Gasteiger partial charge in [0.1, 0.15) is 5.69 Å². The number of rotatable bonds is 6. The average Bonchev–Trinajstić information content (AvgIpc) is 3.13. The molecule has 1 aliphatic rings. The van der Waals surface area contributed by atoms with Gasteiger partial charge in [0, 0.05) is 44.3 Å². The molecule has 7 nitrogen and oxygen atoms in total.